The zero-order valence-corrected chi connectivity index (χ0v) is 17.2. The van der Waals surface area contributed by atoms with Crippen LogP contribution in [-0.2, 0) is 6.18 Å². The summed E-state index contributed by atoms with van der Waals surface area (Å²) in [6, 6.07) is 0.157. The molecule has 3 nitrogen and oxygen atoms in total. The Morgan fingerprint density at radius 3 is 2.24 bits per heavy atom. The molecule has 0 bridgehead atoms. The highest BCUT2D eigenvalue weighted by Crippen LogP contribution is 2.64. The van der Waals surface area contributed by atoms with Crippen LogP contribution in [0.5, 0.6) is 0 Å². The Morgan fingerprint density at radius 2 is 1.76 bits per heavy atom. The number of thioether (sulfide) groups is 1. The molecule has 2 aliphatic heterocycles. The minimum absolute atomic E-state index is 0.0600. The average molecular weight is 436 g/mol. The number of nitrogens with zero attached hydrogens (tertiary/aromatic N) is 3. The van der Waals surface area contributed by atoms with Crippen LogP contribution in [0.2, 0.25) is 0 Å². The fourth-order valence-electron chi connectivity index (χ4n) is 5.82. The van der Waals surface area contributed by atoms with Crippen LogP contribution >= 0.6 is 11.8 Å². The van der Waals surface area contributed by atoms with Crippen molar-refractivity contribution >= 4 is 11.8 Å². The summed E-state index contributed by atoms with van der Waals surface area (Å²) < 4.78 is 66.8. The van der Waals surface area contributed by atoms with Gasteiger partial charge in [-0.2, -0.15) is 30.0 Å². The van der Waals surface area contributed by atoms with Crippen molar-refractivity contribution in [1.82, 2.24) is 14.7 Å². The van der Waals surface area contributed by atoms with Gasteiger partial charge in [-0.1, -0.05) is 0 Å². The number of hydrogen-bond donors (Lipinski definition) is 0. The molecule has 0 aromatic carbocycles. The lowest BCUT2D eigenvalue weighted by molar-refractivity contribution is -0.141. The van der Waals surface area contributed by atoms with Gasteiger partial charge in [-0.15, -0.1) is 0 Å². The SMILES string of the molecule is C[C@@H](C(F)F)n1nc(C(F)(F)F)cc1C1C2CC(N3CCC4(CC3)CSC4)CC21. The average Bonchev–Trinajstić information content (AvgIpc) is 3.02. The first-order chi connectivity index (χ1) is 13.7. The summed E-state index contributed by atoms with van der Waals surface area (Å²) in [5.74, 6) is 3.11. The molecule has 2 saturated carbocycles. The van der Waals surface area contributed by atoms with Crippen molar-refractivity contribution in [2.45, 2.75) is 63.2 Å². The largest absolute Gasteiger partial charge is 0.435 e. The maximum atomic E-state index is 13.2. The van der Waals surface area contributed by atoms with Gasteiger partial charge in [-0.3, -0.25) is 4.68 Å². The first kappa shape index (κ1) is 20.1. The van der Waals surface area contributed by atoms with Gasteiger partial charge in [0.05, 0.1) is 0 Å². The zero-order chi connectivity index (χ0) is 20.6. The molecule has 29 heavy (non-hydrogen) atoms. The molecule has 2 saturated heterocycles. The molecular weight excluding hydrogens is 409 g/mol. The molecule has 0 radical (unpaired) electrons. The second-order valence-electron chi connectivity index (χ2n) is 9.48. The molecule has 1 aromatic heterocycles. The van der Waals surface area contributed by atoms with Crippen molar-refractivity contribution in [3.05, 3.63) is 17.5 Å². The lowest BCUT2D eigenvalue weighted by Crippen LogP contribution is -2.49. The van der Waals surface area contributed by atoms with E-state index in [0.29, 0.717) is 29.0 Å². The molecule has 5 rings (SSSR count). The Kier molecular flexibility index (Phi) is 4.74. The highest BCUT2D eigenvalue weighted by Gasteiger charge is 2.59. The first-order valence-electron chi connectivity index (χ1n) is 10.5. The summed E-state index contributed by atoms with van der Waals surface area (Å²) in [5, 5.41) is 3.53. The van der Waals surface area contributed by atoms with Crippen LogP contribution < -0.4 is 0 Å². The summed E-state index contributed by atoms with van der Waals surface area (Å²) in [6.07, 6.45) is -2.92. The summed E-state index contributed by atoms with van der Waals surface area (Å²) >= 11 is 2.03. The normalized spacial score (nSPS) is 35.0. The molecule has 2 unspecified atom stereocenters. The molecule has 3 heterocycles. The van der Waals surface area contributed by atoms with Crippen LogP contribution in [0.4, 0.5) is 22.0 Å². The summed E-state index contributed by atoms with van der Waals surface area (Å²) in [4.78, 5) is 2.57. The van der Waals surface area contributed by atoms with Crippen molar-refractivity contribution in [3.63, 3.8) is 0 Å². The van der Waals surface area contributed by atoms with Crippen LogP contribution in [0.1, 0.15) is 56.0 Å². The minimum Gasteiger partial charge on any atom is -0.300 e. The Labute approximate surface area is 171 Å². The van der Waals surface area contributed by atoms with Gasteiger partial charge in [0.15, 0.2) is 5.69 Å². The van der Waals surface area contributed by atoms with Gasteiger partial charge >= 0.3 is 6.18 Å². The van der Waals surface area contributed by atoms with Crippen molar-refractivity contribution in [2.24, 2.45) is 17.3 Å². The summed E-state index contributed by atoms with van der Waals surface area (Å²) in [7, 11) is 0. The van der Waals surface area contributed by atoms with E-state index in [4.69, 9.17) is 0 Å². The standard InChI is InChI=1S/C20H26F5N3S/c1-11(18(21)22)28-15(8-16(26-28)20(23,24)25)17-13-6-12(7-14(13)17)27-4-2-19(3-5-27)9-29-10-19/h8,11-14,17-18H,2-7,9-10H2,1H3/t11-,12?,13?,14?,17?/m0/s1. The van der Waals surface area contributed by atoms with Gasteiger partial charge < -0.3 is 4.90 Å². The van der Waals surface area contributed by atoms with Crippen molar-refractivity contribution < 1.29 is 22.0 Å². The quantitative estimate of drug-likeness (QED) is 0.618. The number of fused-ring (bicyclic) bond motifs is 1. The monoisotopic (exact) mass is 435 g/mol. The number of halogens is 5. The number of aromatic nitrogens is 2. The molecule has 4 aliphatic rings. The van der Waals surface area contributed by atoms with Gasteiger partial charge in [-0.05, 0) is 80.5 Å². The number of likely N-dealkylation sites (tertiary alicyclic amines) is 1. The molecule has 162 valence electrons. The molecule has 3 atom stereocenters. The van der Waals surface area contributed by atoms with Gasteiger partial charge in [0.2, 0.25) is 0 Å². The van der Waals surface area contributed by atoms with E-state index in [1.807, 2.05) is 11.8 Å². The topological polar surface area (TPSA) is 21.1 Å². The predicted octanol–water partition coefficient (Wildman–Crippen LogP) is 5.05. The molecular formula is C20H26F5N3S. The highest BCUT2D eigenvalue weighted by molar-refractivity contribution is 8.00. The molecule has 1 aromatic rings. The second-order valence-corrected chi connectivity index (χ2v) is 10.5. The Hall–Kier alpha value is -0.830. The smallest absolute Gasteiger partial charge is 0.300 e. The fraction of sp³-hybridized carbons (Fsp3) is 0.850. The third-order valence-electron chi connectivity index (χ3n) is 7.76. The summed E-state index contributed by atoms with van der Waals surface area (Å²) in [5.41, 5.74) is -0.138. The number of rotatable bonds is 4. The van der Waals surface area contributed by atoms with Crippen LogP contribution in [0, 0.1) is 17.3 Å². The van der Waals surface area contributed by atoms with E-state index in [0.717, 1.165) is 36.7 Å². The van der Waals surface area contributed by atoms with Crippen LogP contribution in [0.3, 0.4) is 0 Å². The molecule has 0 amide bonds. The molecule has 0 N–H and O–H groups in total. The van der Waals surface area contributed by atoms with Gasteiger partial charge in [-0.25, -0.2) is 8.78 Å². The zero-order valence-electron chi connectivity index (χ0n) is 16.3. The Morgan fingerprint density at radius 1 is 1.14 bits per heavy atom. The first-order valence-corrected chi connectivity index (χ1v) is 11.6. The van der Waals surface area contributed by atoms with Crippen molar-refractivity contribution in [3.8, 4) is 0 Å². The van der Waals surface area contributed by atoms with Crippen molar-refractivity contribution in [2.75, 3.05) is 24.6 Å². The highest BCUT2D eigenvalue weighted by atomic mass is 32.2. The third kappa shape index (κ3) is 3.40. The Balaban J connectivity index is 1.27. The van der Waals surface area contributed by atoms with Gasteiger partial charge in [0.1, 0.15) is 6.04 Å². The number of piperidine rings is 1. The molecule has 1 spiro atoms. The Bertz CT molecular complexity index is 753. The lowest BCUT2D eigenvalue weighted by Gasteiger charge is -2.49. The molecule has 9 heteroatoms. The van der Waals surface area contributed by atoms with Crippen molar-refractivity contribution in [1.29, 1.82) is 0 Å². The summed E-state index contributed by atoms with van der Waals surface area (Å²) in [6.45, 7) is 3.48. The molecule has 2 aliphatic carbocycles. The van der Waals surface area contributed by atoms with E-state index in [2.05, 4.69) is 10.00 Å². The number of hydrogen-bond acceptors (Lipinski definition) is 3. The van der Waals surface area contributed by atoms with Crippen LogP contribution in [-0.4, -0.2) is 51.7 Å². The lowest BCUT2D eigenvalue weighted by atomic mass is 9.80. The molecule has 4 fully saturated rings. The fourth-order valence-corrected chi connectivity index (χ4v) is 7.18. The van der Waals surface area contributed by atoms with E-state index >= 15 is 0 Å². The minimum atomic E-state index is -4.61. The number of alkyl halides is 5. The maximum Gasteiger partial charge on any atom is 0.435 e. The third-order valence-corrected chi connectivity index (χ3v) is 9.39. The maximum absolute atomic E-state index is 13.2. The van der Waals surface area contributed by atoms with Crippen LogP contribution in [0.15, 0.2) is 6.07 Å². The van der Waals surface area contributed by atoms with E-state index in [1.54, 1.807) is 0 Å². The van der Waals surface area contributed by atoms with E-state index in [-0.39, 0.29) is 5.92 Å². The van der Waals surface area contributed by atoms with Crippen LogP contribution in [0.25, 0.3) is 0 Å². The van der Waals surface area contributed by atoms with E-state index < -0.39 is 24.3 Å². The predicted molar refractivity (Wildman–Crippen MR) is 101 cm³/mol. The van der Waals surface area contributed by atoms with E-state index in [1.165, 1.54) is 31.3 Å². The van der Waals surface area contributed by atoms with Gasteiger partial charge in [0, 0.05) is 17.7 Å². The second kappa shape index (κ2) is 6.84. The van der Waals surface area contributed by atoms with E-state index in [9.17, 15) is 22.0 Å². The van der Waals surface area contributed by atoms with Gasteiger partial charge in [0.25, 0.3) is 6.43 Å².